The van der Waals surface area contributed by atoms with Crippen LogP contribution in [0, 0.1) is 11.8 Å². The molecule has 0 amide bonds. The van der Waals surface area contributed by atoms with E-state index in [0.29, 0.717) is 11.8 Å². The summed E-state index contributed by atoms with van der Waals surface area (Å²) in [6.07, 6.45) is 3.73. The van der Waals surface area contributed by atoms with Gasteiger partial charge in [-0.25, -0.2) is 0 Å². The van der Waals surface area contributed by atoms with Crippen molar-refractivity contribution in [3.63, 3.8) is 0 Å². The molecule has 3 rings (SSSR count). The molecule has 27 heavy (non-hydrogen) atoms. The molecule has 0 spiro atoms. The maximum absolute atomic E-state index is 5.02. The van der Waals surface area contributed by atoms with E-state index >= 15 is 0 Å². The van der Waals surface area contributed by atoms with Gasteiger partial charge in [-0.05, 0) is 56.7 Å². The third kappa shape index (κ3) is 6.08. The minimum absolute atomic E-state index is 0. The summed E-state index contributed by atoms with van der Waals surface area (Å²) in [6.45, 7) is 11.0. The van der Waals surface area contributed by atoms with E-state index in [-0.39, 0.29) is 24.0 Å². The Kier molecular flexibility index (Phi) is 9.36. The number of rotatable bonds is 5. The number of hydrogen-bond acceptors (Lipinski definition) is 2. The van der Waals surface area contributed by atoms with Crippen LogP contribution in [0.1, 0.15) is 44.6 Å². The lowest BCUT2D eigenvalue weighted by molar-refractivity contribution is 0.215. The molecule has 2 heterocycles. The number of guanidine groups is 1. The molecule has 1 aromatic rings. The Bertz CT molecular complexity index is 577. The Labute approximate surface area is 182 Å². The highest BCUT2D eigenvalue weighted by Crippen LogP contribution is 2.34. The first-order valence-electron chi connectivity index (χ1n) is 10.5. The molecule has 2 saturated heterocycles. The molecule has 0 aromatic heterocycles. The fourth-order valence-corrected chi connectivity index (χ4v) is 4.59. The molecule has 2 aliphatic heterocycles. The normalized spacial score (nSPS) is 26.7. The van der Waals surface area contributed by atoms with Crippen LogP contribution in [0.3, 0.4) is 0 Å². The van der Waals surface area contributed by atoms with Crippen LogP contribution in [0.5, 0.6) is 0 Å². The van der Waals surface area contributed by atoms with Gasteiger partial charge < -0.3 is 15.1 Å². The van der Waals surface area contributed by atoms with Crippen LogP contribution in [0.2, 0.25) is 0 Å². The minimum Gasteiger partial charge on any atom is -0.357 e. The van der Waals surface area contributed by atoms with Crippen molar-refractivity contribution in [3.05, 3.63) is 35.9 Å². The van der Waals surface area contributed by atoms with Crippen molar-refractivity contribution < 1.29 is 0 Å². The van der Waals surface area contributed by atoms with Gasteiger partial charge >= 0.3 is 0 Å². The molecule has 152 valence electrons. The molecule has 3 atom stereocenters. The maximum atomic E-state index is 5.02. The summed E-state index contributed by atoms with van der Waals surface area (Å²) in [5, 5.41) is 3.55. The first kappa shape index (κ1) is 22.5. The first-order valence-corrected chi connectivity index (χ1v) is 10.5. The fraction of sp³-hybridized carbons (Fsp3) is 0.682. The second kappa shape index (κ2) is 11.2. The molecule has 0 aliphatic carbocycles. The molecule has 5 heteroatoms. The lowest BCUT2D eigenvalue weighted by Crippen LogP contribution is -2.48. The lowest BCUT2D eigenvalue weighted by atomic mass is 9.79. The van der Waals surface area contributed by atoms with Gasteiger partial charge in [-0.15, -0.1) is 24.0 Å². The van der Waals surface area contributed by atoms with Crippen LogP contribution in [0.15, 0.2) is 35.3 Å². The molecule has 0 saturated carbocycles. The molecule has 2 aliphatic rings. The molecule has 1 aromatic carbocycles. The molecule has 4 nitrogen and oxygen atoms in total. The van der Waals surface area contributed by atoms with E-state index in [1.807, 2.05) is 0 Å². The number of hydrogen-bond donors (Lipinski definition) is 1. The summed E-state index contributed by atoms with van der Waals surface area (Å²) in [6, 6.07) is 11.1. The standard InChI is InChI=1S/C22H36N4.HI/c1-4-19-17-26(14-12-21(19)20-9-7-6-8-10-20)22(23-5-2)24-15-18-11-13-25(3)16-18;/h6-10,18-19,21H,4-5,11-17H2,1-3H3,(H,23,24);1H. The van der Waals surface area contributed by atoms with E-state index in [1.165, 1.54) is 37.9 Å². The van der Waals surface area contributed by atoms with Crippen LogP contribution in [-0.4, -0.2) is 62.1 Å². The topological polar surface area (TPSA) is 30.9 Å². The summed E-state index contributed by atoms with van der Waals surface area (Å²) in [5.41, 5.74) is 1.51. The Balaban J connectivity index is 0.00000261. The summed E-state index contributed by atoms with van der Waals surface area (Å²) in [7, 11) is 2.22. The zero-order chi connectivity index (χ0) is 18.4. The Hall–Kier alpha value is -0.820. The van der Waals surface area contributed by atoms with Gasteiger partial charge in [-0.3, -0.25) is 4.99 Å². The Morgan fingerprint density at radius 1 is 1.11 bits per heavy atom. The van der Waals surface area contributed by atoms with Crippen LogP contribution >= 0.6 is 24.0 Å². The van der Waals surface area contributed by atoms with Crippen molar-refractivity contribution in [2.24, 2.45) is 16.8 Å². The van der Waals surface area contributed by atoms with E-state index in [1.54, 1.807) is 0 Å². The van der Waals surface area contributed by atoms with Gasteiger partial charge in [0.15, 0.2) is 5.96 Å². The van der Waals surface area contributed by atoms with E-state index < -0.39 is 0 Å². The lowest BCUT2D eigenvalue weighted by Gasteiger charge is -2.40. The quantitative estimate of drug-likeness (QED) is 0.389. The van der Waals surface area contributed by atoms with Crippen molar-refractivity contribution in [1.82, 2.24) is 15.1 Å². The zero-order valence-corrected chi connectivity index (χ0v) is 19.6. The first-order chi connectivity index (χ1) is 12.7. The summed E-state index contributed by atoms with van der Waals surface area (Å²) >= 11 is 0. The zero-order valence-electron chi connectivity index (χ0n) is 17.2. The van der Waals surface area contributed by atoms with Crippen LogP contribution in [0.25, 0.3) is 0 Å². The number of nitrogens with zero attached hydrogens (tertiary/aromatic N) is 3. The van der Waals surface area contributed by atoms with Gasteiger partial charge in [-0.1, -0.05) is 43.7 Å². The number of benzene rings is 1. The smallest absolute Gasteiger partial charge is 0.193 e. The number of aliphatic imine (C=N–C) groups is 1. The number of nitrogens with one attached hydrogen (secondary N) is 1. The minimum atomic E-state index is 0. The average molecular weight is 484 g/mol. The predicted molar refractivity (Wildman–Crippen MR) is 126 cm³/mol. The van der Waals surface area contributed by atoms with Gasteiger partial charge in [0.1, 0.15) is 0 Å². The largest absolute Gasteiger partial charge is 0.357 e. The monoisotopic (exact) mass is 484 g/mol. The van der Waals surface area contributed by atoms with Gasteiger partial charge in [-0.2, -0.15) is 0 Å². The fourth-order valence-electron chi connectivity index (χ4n) is 4.59. The average Bonchev–Trinajstić information content (AvgIpc) is 3.10. The summed E-state index contributed by atoms with van der Waals surface area (Å²) in [4.78, 5) is 9.96. The van der Waals surface area contributed by atoms with Crippen LogP contribution in [0.4, 0.5) is 0 Å². The molecular formula is C22H37IN4. The Morgan fingerprint density at radius 2 is 1.89 bits per heavy atom. The molecule has 0 radical (unpaired) electrons. The SMILES string of the molecule is CCNC(=NCC1CCN(C)C1)N1CCC(c2ccccc2)C(CC)C1.I. The second-order valence-corrected chi connectivity index (χ2v) is 8.03. The van der Waals surface area contributed by atoms with Gasteiger partial charge in [0.05, 0.1) is 0 Å². The highest BCUT2D eigenvalue weighted by atomic mass is 127. The number of piperidine rings is 1. The van der Waals surface area contributed by atoms with E-state index in [4.69, 9.17) is 4.99 Å². The molecular weight excluding hydrogens is 447 g/mol. The van der Waals surface area contributed by atoms with Crippen molar-refractivity contribution in [1.29, 1.82) is 0 Å². The van der Waals surface area contributed by atoms with Crippen molar-refractivity contribution in [3.8, 4) is 0 Å². The summed E-state index contributed by atoms with van der Waals surface area (Å²) < 4.78 is 0. The second-order valence-electron chi connectivity index (χ2n) is 8.03. The third-order valence-electron chi connectivity index (χ3n) is 6.11. The van der Waals surface area contributed by atoms with Crippen LogP contribution < -0.4 is 5.32 Å². The highest BCUT2D eigenvalue weighted by Gasteiger charge is 2.30. The van der Waals surface area contributed by atoms with Gasteiger partial charge in [0.2, 0.25) is 0 Å². The summed E-state index contributed by atoms with van der Waals surface area (Å²) in [5.74, 6) is 3.24. The Morgan fingerprint density at radius 3 is 2.52 bits per heavy atom. The van der Waals surface area contributed by atoms with Crippen molar-refractivity contribution >= 4 is 29.9 Å². The van der Waals surface area contributed by atoms with Gasteiger partial charge in [0, 0.05) is 32.7 Å². The van der Waals surface area contributed by atoms with E-state index in [2.05, 4.69) is 66.3 Å². The van der Waals surface area contributed by atoms with Crippen molar-refractivity contribution in [2.75, 3.05) is 46.3 Å². The molecule has 2 fully saturated rings. The van der Waals surface area contributed by atoms with Crippen LogP contribution in [-0.2, 0) is 0 Å². The molecule has 3 unspecified atom stereocenters. The van der Waals surface area contributed by atoms with Gasteiger partial charge in [0.25, 0.3) is 0 Å². The maximum Gasteiger partial charge on any atom is 0.193 e. The molecule has 0 bridgehead atoms. The van der Waals surface area contributed by atoms with E-state index in [0.717, 1.165) is 38.1 Å². The highest BCUT2D eigenvalue weighted by molar-refractivity contribution is 14.0. The number of likely N-dealkylation sites (tertiary alicyclic amines) is 2. The predicted octanol–water partition coefficient (Wildman–Crippen LogP) is 4.04. The molecule has 1 N–H and O–H groups in total. The third-order valence-corrected chi connectivity index (χ3v) is 6.11. The van der Waals surface area contributed by atoms with E-state index in [9.17, 15) is 0 Å². The van der Waals surface area contributed by atoms with Crippen molar-refractivity contribution in [2.45, 2.75) is 39.0 Å². The number of halogens is 1.